The molecule has 0 bridgehead atoms. The second kappa shape index (κ2) is 5.54. The van der Waals surface area contributed by atoms with Crippen molar-refractivity contribution in [2.75, 3.05) is 0 Å². The van der Waals surface area contributed by atoms with Crippen LogP contribution in [0.3, 0.4) is 0 Å². The molecule has 0 amide bonds. The number of hydrogen-bond acceptors (Lipinski definition) is 5. The third kappa shape index (κ3) is 2.62. The number of nitrogens with two attached hydrogens (primary N) is 1. The van der Waals surface area contributed by atoms with Crippen LogP contribution in [0.2, 0.25) is 0 Å². The summed E-state index contributed by atoms with van der Waals surface area (Å²) in [5.74, 6) is 0.794. The largest absolute Gasteiger partial charge is 0.409 e. The number of rotatable bonds is 4. The number of thioether (sulfide) groups is 1. The minimum atomic E-state index is 0.115. The Bertz CT molecular complexity index is 566. The second-order valence-corrected chi connectivity index (χ2v) is 4.54. The minimum Gasteiger partial charge on any atom is -0.409 e. The van der Waals surface area contributed by atoms with E-state index in [9.17, 15) is 0 Å². The Balaban J connectivity index is 2.17. The van der Waals surface area contributed by atoms with Crippen LogP contribution in [-0.4, -0.2) is 25.8 Å². The number of nitrogens with zero attached hydrogens (tertiary/aromatic N) is 4. The molecule has 18 heavy (non-hydrogen) atoms. The smallest absolute Gasteiger partial charge is 0.186 e. The van der Waals surface area contributed by atoms with Crippen LogP contribution in [0.25, 0.3) is 0 Å². The number of aryl methyl sites for hydroxylation is 1. The summed E-state index contributed by atoms with van der Waals surface area (Å²) in [4.78, 5) is 4.13. The summed E-state index contributed by atoms with van der Waals surface area (Å²) in [6.45, 7) is 0. The molecule has 1 aromatic heterocycles. The van der Waals surface area contributed by atoms with Crippen LogP contribution in [0.4, 0.5) is 0 Å². The van der Waals surface area contributed by atoms with Crippen molar-refractivity contribution in [2.24, 2.45) is 17.9 Å². The van der Waals surface area contributed by atoms with Gasteiger partial charge in [0, 0.05) is 18.4 Å². The number of benzene rings is 1. The second-order valence-electron chi connectivity index (χ2n) is 3.60. The first-order chi connectivity index (χ1) is 8.72. The molecule has 0 saturated heterocycles. The van der Waals surface area contributed by atoms with Gasteiger partial charge in [0.1, 0.15) is 6.33 Å². The fourth-order valence-corrected chi connectivity index (χ4v) is 2.40. The van der Waals surface area contributed by atoms with Crippen LogP contribution in [0, 0.1) is 0 Å². The first-order valence-electron chi connectivity index (χ1n) is 5.25. The highest BCUT2D eigenvalue weighted by Gasteiger charge is 2.08. The van der Waals surface area contributed by atoms with E-state index in [4.69, 9.17) is 10.9 Å². The van der Waals surface area contributed by atoms with Gasteiger partial charge in [-0.1, -0.05) is 41.2 Å². The molecule has 0 aliphatic heterocycles. The minimum absolute atomic E-state index is 0.115. The van der Waals surface area contributed by atoms with Crippen LogP contribution >= 0.6 is 11.8 Å². The molecule has 94 valence electrons. The van der Waals surface area contributed by atoms with E-state index >= 15 is 0 Å². The normalized spacial score (nSPS) is 11.7. The molecule has 2 rings (SSSR count). The van der Waals surface area contributed by atoms with E-state index in [-0.39, 0.29) is 5.84 Å². The first kappa shape index (κ1) is 12.4. The van der Waals surface area contributed by atoms with Crippen molar-refractivity contribution < 1.29 is 5.21 Å². The van der Waals surface area contributed by atoms with Gasteiger partial charge in [-0.05, 0) is 5.56 Å². The SMILES string of the molecule is Cn1ncnc1SCc1ccccc1/C(N)=N/O. The van der Waals surface area contributed by atoms with Gasteiger partial charge in [0.15, 0.2) is 11.0 Å². The van der Waals surface area contributed by atoms with Crippen LogP contribution in [0.15, 0.2) is 40.9 Å². The van der Waals surface area contributed by atoms with E-state index < -0.39 is 0 Å². The molecule has 6 nitrogen and oxygen atoms in total. The third-order valence-electron chi connectivity index (χ3n) is 2.43. The number of amidine groups is 1. The fourth-order valence-electron chi connectivity index (χ4n) is 1.51. The zero-order chi connectivity index (χ0) is 13.0. The van der Waals surface area contributed by atoms with E-state index in [0.29, 0.717) is 5.75 Å². The molecular weight excluding hydrogens is 250 g/mol. The molecule has 0 unspecified atom stereocenters. The molecule has 0 spiro atoms. The molecule has 0 radical (unpaired) electrons. The number of oxime groups is 1. The summed E-state index contributed by atoms with van der Waals surface area (Å²) in [5.41, 5.74) is 7.35. The van der Waals surface area contributed by atoms with E-state index in [1.807, 2.05) is 31.3 Å². The van der Waals surface area contributed by atoms with Gasteiger partial charge in [0.25, 0.3) is 0 Å². The predicted molar refractivity (Wildman–Crippen MR) is 69.5 cm³/mol. The van der Waals surface area contributed by atoms with Crippen LogP contribution in [0.5, 0.6) is 0 Å². The molecule has 2 aromatic rings. The summed E-state index contributed by atoms with van der Waals surface area (Å²) in [5, 5.41) is 16.6. The molecule has 7 heteroatoms. The van der Waals surface area contributed by atoms with Crippen LogP contribution in [-0.2, 0) is 12.8 Å². The average molecular weight is 263 g/mol. The molecule has 1 aromatic carbocycles. The Morgan fingerprint density at radius 2 is 2.28 bits per heavy atom. The summed E-state index contributed by atoms with van der Waals surface area (Å²) in [7, 11) is 1.84. The van der Waals surface area contributed by atoms with Crippen molar-refractivity contribution >= 4 is 17.6 Å². The molecule has 0 aliphatic carbocycles. The summed E-state index contributed by atoms with van der Waals surface area (Å²) >= 11 is 1.55. The number of hydrogen-bond donors (Lipinski definition) is 2. The van der Waals surface area contributed by atoms with Gasteiger partial charge < -0.3 is 10.9 Å². The van der Waals surface area contributed by atoms with E-state index in [1.165, 1.54) is 6.33 Å². The fraction of sp³-hybridized carbons (Fsp3) is 0.182. The average Bonchev–Trinajstić information content (AvgIpc) is 2.81. The lowest BCUT2D eigenvalue weighted by Crippen LogP contribution is -2.15. The Morgan fingerprint density at radius 1 is 1.50 bits per heavy atom. The van der Waals surface area contributed by atoms with Gasteiger partial charge in [-0.2, -0.15) is 5.10 Å². The van der Waals surface area contributed by atoms with E-state index in [1.54, 1.807) is 16.4 Å². The molecule has 0 atom stereocenters. The maximum atomic E-state index is 8.74. The van der Waals surface area contributed by atoms with Crippen LogP contribution in [0.1, 0.15) is 11.1 Å². The highest BCUT2D eigenvalue weighted by atomic mass is 32.2. The van der Waals surface area contributed by atoms with Crippen molar-refractivity contribution in [3.63, 3.8) is 0 Å². The van der Waals surface area contributed by atoms with Gasteiger partial charge in [-0.3, -0.25) is 0 Å². The zero-order valence-electron chi connectivity index (χ0n) is 9.82. The lowest BCUT2D eigenvalue weighted by molar-refractivity contribution is 0.318. The molecule has 3 N–H and O–H groups in total. The maximum Gasteiger partial charge on any atom is 0.186 e. The van der Waals surface area contributed by atoms with Crippen LogP contribution < -0.4 is 5.73 Å². The van der Waals surface area contributed by atoms with Crippen molar-refractivity contribution in [1.82, 2.24) is 14.8 Å². The standard InChI is InChI=1S/C11H13N5OS/c1-16-11(13-7-14-16)18-6-8-4-2-3-5-9(8)10(12)15-17/h2-5,7,17H,6H2,1H3,(H2,12,15). The monoisotopic (exact) mass is 263 g/mol. The highest BCUT2D eigenvalue weighted by Crippen LogP contribution is 2.21. The Hall–Kier alpha value is -2.02. The summed E-state index contributed by atoms with van der Waals surface area (Å²) < 4.78 is 1.71. The summed E-state index contributed by atoms with van der Waals surface area (Å²) in [6, 6.07) is 7.53. The van der Waals surface area contributed by atoms with E-state index in [0.717, 1.165) is 16.3 Å². The first-order valence-corrected chi connectivity index (χ1v) is 6.23. The Kier molecular flexibility index (Phi) is 3.83. The van der Waals surface area contributed by atoms with E-state index in [2.05, 4.69) is 15.2 Å². The van der Waals surface area contributed by atoms with Crippen molar-refractivity contribution in [3.05, 3.63) is 41.7 Å². The van der Waals surface area contributed by atoms with Gasteiger partial charge in [-0.25, -0.2) is 9.67 Å². The highest BCUT2D eigenvalue weighted by molar-refractivity contribution is 7.98. The van der Waals surface area contributed by atoms with Crippen molar-refractivity contribution in [2.45, 2.75) is 10.9 Å². The molecule has 1 heterocycles. The van der Waals surface area contributed by atoms with Crippen molar-refractivity contribution in [3.8, 4) is 0 Å². The Morgan fingerprint density at radius 3 is 2.94 bits per heavy atom. The molecular formula is C11H13N5OS. The van der Waals surface area contributed by atoms with Gasteiger partial charge >= 0.3 is 0 Å². The number of aromatic nitrogens is 3. The zero-order valence-corrected chi connectivity index (χ0v) is 10.6. The van der Waals surface area contributed by atoms with Crippen molar-refractivity contribution in [1.29, 1.82) is 0 Å². The predicted octanol–water partition coefficient (Wildman–Crippen LogP) is 1.20. The molecule has 0 aliphatic rings. The quantitative estimate of drug-likeness (QED) is 0.284. The molecule has 0 fully saturated rings. The summed E-state index contributed by atoms with van der Waals surface area (Å²) in [6.07, 6.45) is 1.51. The lowest BCUT2D eigenvalue weighted by Gasteiger charge is -2.07. The lowest BCUT2D eigenvalue weighted by atomic mass is 10.1. The molecule has 0 saturated carbocycles. The van der Waals surface area contributed by atoms with Gasteiger partial charge in [-0.15, -0.1) is 0 Å². The Labute approximate surface area is 109 Å². The third-order valence-corrected chi connectivity index (χ3v) is 3.51. The maximum absolute atomic E-state index is 8.74. The van der Waals surface area contributed by atoms with Gasteiger partial charge in [0.2, 0.25) is 0 Å². The topological polar surface area (TPSA) is 89.3 Å². The van der Waals surface area contributed by atoms with Gasteiger partial charge in [0.05, 0.1) is 0 Å².